The van der Waals surface area contributed by atoms with E-state index in [1.54, 1.807) is 0 Å². The van der Waals surface area contributed by atoms with Gasteiger partial charge in [-0.05, 0) is 24.3 Å². The van der Waals surface area contributed by atoms with Gasteiger partial charge in [-0.15, -0.1) is 0 Å². The summed E-state index contributed by atoms with van der Waals surface area (Å²) in [4.78, 5) is 0. The second-order valence-electron chi connectivity index (χ2n) is 4.38. The summed E-state index contributed by atoms with van der Waals surface area (Å²) in [6, 6.07) is 3.08. The smallest absolute Gasteiger partial charge is 0.460 e. The highest BCUT2D eigenvalue weighted by atomic mass is 32.2. The number of methoxy groups -OCH3 is 1. The molecule has 0 amide bonds. The van der Waals surface area contributed by atoms with E-state index in [-0.39, 0.29) is 5.75 Å². The first-order valence-corrected chi connectivity index (χ1v) is 7.20. The van der Waals surface area contributed by atoms with Gasteiger partial charge < -0.3 is 8.92 Å². The van der Waals surface area contributed by atoms with E-state index >= 15 is 0 Å². The Morgan fingerprint density at radius 2 is 1.16 bits per heavy atom. The number of benzene rings is 1. The maximum Gasteiger partial charge on any atom is 0.460 e. The van der Waals surface area contributed by atoms with Crippen molar-refractivity contribution in [3.8, 4) is 11.5 Å². The maximum absolute atomic E-state index is 13.4. The van der Waals surface area contributed by atoms with Gasteiger partial charge in [-0.1, -0.05) is 0 Å². The van der Waals surface area contributed by atoms with Crippen LogP contribution in [0.15, 0.2) is 24.3 Å². The average molecular weight is 406 g/mol. The Bertz CT molecular complexity index is 710. The third-order valence-electron chi connectivity index (χ3n) is 2.70. The molecule has 1 aromatic rings. The van der Waals surface area contributed by atoms with Crippen LogP contribution in [0.25, 0.3) is 0 Å². The van der Waals surface area contributed by atoms with Crippen molar-refractivity contribution in [2.75, 3.05) is 7.11 Å². The van der Waals surface area contributed by atoms with E-state index < -0.39 is 39.1 Å². The van der Waals surface area contributed by atoms with E-state index in [1.807, 2.05) is 0 Å². The molecule has 1 rings (SSSR count). The van der Waals surface area contributed by atoms with Crippen molar-refractivity contribution in [1.82, 2.24) is 0 Å². The molecule has 4 nitrogen and oxygen atoms in total. The van der Waals surface area contributed by atoms with Crippen molar-refractivity contribution < 1.29 is 56.9 Å². The minimum absolute atomic E-state index is 0.0467. The topological polar surface area (TPSA) is 52.6 Å². The molecule has 0 fully saturated rings. The summed E-state index contributed by atoms with van der Waals surface area (Å²) in [5, 5.41) is -6.90. The van der Waals surface area contributed by atoms with Crippen LogP contribution in [-0.2, 0) is 10.1 Å². The lowest BCUT2D eigenvalue weighted by atomic mass is 10.1. The van der Waals surface area contributed by atoms with Crippen LogP contribution in [0.2, 0.25) is 0 Å². The summed E-state index contributed by atoms with van der Waals surface area (Å²) in [5.74, 6) is -15.7. The molecule has 0 bridgehead atoms. The number of alkyl halides is 9. The zero-order valence-corrected chi connectivity index (χ0v) is 12.6. The first kappa shape index (κ1) is 21.2. The normalized spacial score (nSPS) is 14.3. The Morgan fingerprint density at radius 3 is 1.52 bits per heavy atom. The molecule has 14 heteroatoms. The number of hydrogen-bond acceptors (Lipinski definition) is 4. The fraction of sp³-hybridized carbons (Fsp3) is 0.455. The van der Waals surface area contributed by atoms with E-state index in [9.17, 15) is 47.9 Å². The SMILES string of the molecule is COc1ccc(OS(=O)(=O)C(F)(F)C(F)(F)C(F)(F)C(F)(F)F)cc1. The Balaban J connectivity index is 3.29. The number of ether oxygens (including phenoxy) is 1. The monoisotopic (exact) mass is 406 g/mol. The Kier molecular flexibility index (Phi) is 5.20. The van der Waals surface area contributed by atoms with Crippen LogP contribution in [0, 0.1) is 0 Å². The van der Waals surface area contributed by atoms with Gasteiger partial charge in [-0.3, -0.25) is 0 Å². The van der Waals surface area contributed by atoms with Crippen molar-refractivity contribution in [2.45, 2.75) is 23.3 Å². The minimum Gasteiger partial charge on any atom is -0.497 e. The summed E-state index contributed by atoms with van der Waals surface area (Å²) < 4.78 is 145. The quantitative estimate of drug-likeness (QED) is 0.533. The molecule has 0 N–H and O–H groups in total. The summed E-state index contributed by atoms with van der Waals surface area (Å²) in [6.45, 7) is 0. The van der Waals surface area contributed by atoms with Gasteiger partial charge in [0.15, 0.2) is 0 Å². The summed E-state index contributed by atoms with van der Waals surface area (Å²) in [6.07, 6.45) is -7.14. The van der Waals surface area contributed by atoms with Gasteiger partial charge in [0.05, 0.1) is 7.11 Å². The molecule has 0 heterocycles. The van der Waals surface area contributed by atoms with E-state index in [4.69, 9.17) is 0 Å². The first-order chi connectivity index (χ1) is 11.0. The van der Waals surface area contributed by atoms with Crippen molar-refractivity contribution in [3.63, 3.8) is 0 Å². The Labute approximate surface area is 134 Å². The lowest BCUT2D eigenvalue weighted by molar-refractivity contribution is -0.382. The van der Waals surface area contributed by atoms with Gasteiger partial charge in [0, 0.05) is 0 Å². The van der Waals surface area contributed by atoms with Crippen LogP contribution < -0.4 is 8.92 Å². The number of rotatable bonds is 6. The third kappa shape index (κ3) is 3.43. The standard InChI is InChI=1S/C11H7F9O4S/c1-23-6-2-4-7(5-3-6)24-25(21,22)11(19,20)9(14,15)8(12,13)10(16,17)18/h2-5H,1H3. The van der Waals surface area contributed by atoms with Gasteiger partial charge in [-0.2, -0.15) is 47.9 Å². The Morgan fingerprint density at radius 1 is 0.760 bits per heavy atom. The highest BCUT2D eigenvalue weighted by Gasteiger charge is 2.86. The van der Waals surface area contributed by atoms with Crippen LogP contribution >= 0.6 is 0 Å². The molecule has 0 aliphatic carbocycles. The van der Waals surface area contributed by atoms with E-state index in [2.05, 4.69) is 8.92 Å². The largest absolute Gasteiger partial charge is 0.497 e. The second kappa shape index (κ2) is 6.14. The van der Waals surface area contributed by atoms with Crippen LogP contribution in [-0.4, -0.2) is 38.8 Å². The van der Waals surface area contributed by atoms with Crippen molar-refractivity contribution >= 4 is 10.1 Å². The van der Waals surface area contributed by atoms with E-state index in [0.717, 1.165) is 19.2 Å². The van der Waals surface area contributed by atoms with Gasteiger partial charge >= 0.3 is 33.4 Å². The molecule has 1 aromatic carbocycles. The first-order valence-electron chi connectivity index (χ1n) is 5.79. The fourth-order valence-corrected chi connectivity index (χ4v) is 2.24. The summed E-state index contributed by atoms with van der Waals surface area (Å²) in [7, 11) is -5.78. The summed E-state index contributed by atoms with van der Waals surface area (Å²) >= 11 is 0. The summed E-state index contributed by atoms with van der Waals surface area (Å²) in [5.41, 5.74) is 0. The molecule has 0 aliphatic rings. The van der Waals surface area contributed by atoms with Crippen LogP contribution in [0.1, 0.15) is 0 Å². The fourth-order valence-electron chi connectivity index (χ4n) is 1.33. The predicted molar refractivity (Wildman–Crippen MR) is 63.4 cm³/mol. The average Bonchev–Trinajstić information content (AvgIpc) is 2.45. The van der Waals surface area contributed by atoms with Crippen LogP contribution in [0.5, 0.6) is 11.5 Å². The molecule has 0 saturated carbocycles. The van der Waals surface area contributed by atoms with Gasteiger partial charge in [0.25, 0.3) is 0 Å². The molecule has 0 atom stereocenters. The molecule has 25 heavy (non-hydrogen) atoms. The van der Waals surface area contributed by atoms with Gasteiger partial charge in [0.1, 0.15) is 11.5 Å². The second-order valence-corrected chi connectivity index (χ2v) is 5.96. The van der Waals surface area contributed by atoms with E-state index in [0.29, 0.717) is 12.1 Å². The highest BCUT2D eigenvalue weighted by Crippen LogP contribution is 2.54. The molecule has 0 unspecified atom stereocenters. The Hall–Kier alpha value is -1.86. The zero-order valence-electron chi connectivity index (χ0n) is 11.8. The molecule has 0 aliphatic heterocycles. The van der Waals surface area contributed by atoms with Gasteiger partial charge in [0.2, 0.25) is 0 Å². The molecular weight excluding hydrogens is 399 g/mol. The number of hydrogen-bond donors (Lipinski definition) is 0. The van der Waals surface area contributed by atoms with Gasteiger partial charge in [-0.25, -0.2) is 0 Å². The van der Waals surface area contributed by atoms with Crippen molar-refractivity contribution in [2.24, 2.45) is 0 Å². The molecule has 0 aromatic heterocycles. The van der Waals surface area contributed by atoms with Crippen LogP contribution in [0.3, 0.4) is 0 Å². The molecule has 0 spiro atoms. The molecule has 144 valence electrons. The number of halogens is 9. The zero-order chi connectivity index (χ0) is 19.9. The molecular formula is C11H7F9O4S. The van der Waals surface area contributed by atoms with Crippen molar-refractivity contribution in [1.29, 1.82) is 0 Å². The minimum atomic E-state index is -7.35. The maximum atomic E-state index is 13.4. The van der Waals surface area contributed by atoms with Crippen LogP contribution in [0.4, 0.5) is 39.5 Å². The highest BCUT2D eigenvalue weighted by molar-refractivity contribution is 7.88. The third-order valence-corrected chi connectivity index (χ3v) is 3.99. The van der Waals surface area contributed by atoms with Crippen molar-refractivity contribution in [3.05, 3.63) is 24.3 Å². The molecule has 0 radical (unpaired) electrons. The van der Waals surface area contributed by atoms with E-state index in [1.165, 1.54) is 0 Å². The lowest BCUT2D eigenvalue weighted by Gasteiger charge is -2.32. The predicted octanol–water partition coefficient (Wildman–Crippen LogP) is 3.83. The molecule has 0 saturated heterocycles. The lowest BCUT2D eigenvalue weighted by Crippen LogP contribution is -2.63.